The summed E-state index contributed by atoms with van der Waals surface area (Å²) in [4.78, 5) is 14.7. The average molecular weight is 516 g/mol. The average Bonchev–Trinajstić information content (AvgIpc) is 2.77. The van der Waals surface area contributed by atoms with Crippen molar-refractivity contribution in [1.29, 1.82) is 0 Å². The molecule has 2 aromatic carbocycles. The highest BCUT2D eigenvalue weighted by Crippen LogP contribution is 2.35. The first-order valence-corrected chi connectivity index (χ1v) is 13.1. The molecule has 0 aromatic heterocycles. The number of nitrogens with one attached hydrogen (secondary N) is 2. The number of anilines is 2. The molecule has 192 valence electrons. The van der Waals surface area contributed by atoms with Crippen LogP contribution in [-0.2, 0) is 27.5 Å². The second-order valence-electron chi connectivity index (χ2n) is 9.06. The molecular formula is C24H29F4N3O3S. The lowest BCUT2D eigenvalue weighted by Gasteiger charge is -2.34. The standard InChI is InChI=1S/C24H29F4N3O3S/c1-15-8-10-31(11-9-15)22-13-19(24(26,27)28)6-4-18(22)14-29-23(32)16(2)17-5-7-21(20(25)12-17)30-35(3,33)34/h4-7,12-13,15-16,30H,8-11,14H2,1-3H3,(H,29,32)/t16-/m0/s1. The fourth-order valence-electron chi connectivity index (χ4n) is 4.00. The van der Waals surface area contributed by atoms with E-state index in [1.165, 1.54) is 18.2 Å². The monoisotopic (exact) mass is 515 g/mol. The molecule has 1 fully saturated rings. The molecule has 0 spiro atoms. The Bertz CT molecular complexity index is 1180. The van der Waals surface area contributed by atoms with Crippen LogP contribution in [-0.4, -0.2) is 33.7 Å². The number of rotatable bonds is 7. The van der Waals surface area contributed by atoms with Crippen molar-refractivity contribution in [3.05, 3.63) is 58.9 Å². The van der Waals surface area contributed by atoms with Crippen molar-refractivity contribution in [3.8, 4) is 0 Å². The summed E-state index contributed by atoms with van der Waals surface area (Å²) in [6.45, 7) is 4.95. The maximum absolute atomic E-state index is 14.3. The molecule has 35 heavy (non-hydrogen) atoms. The van der Waals surface area contributed by atoms with Gasteiger partial charge in [0.25, 0.3) is 0 Å². The fraction of sp³-hybridized carbons (Fsp3) is 0.458. The zero-order chi connectivity index (χ0) is 26.0. The number of halogens is 4. The Hall–Kier alpha value is -2.82. The number of nitrogens with zero attached hydrogens (tertiary/aromatic N) is 1. The third-order valence-electron chi connectivity index (χ3n) is 6.17. The first kappa shape index (κ1) is 26.8. The van der Waals surface area contributed by atoms with E-state index < -0.39 is 39.4 Å². The number of benzene rings is 2. The number of carbonyl (C=O) groups excluding carboxylic acids is 1. The first-order valence-electron chi connectivity index (χ1n) is 11.2. The van der Waals surface area contributed by atoms with Gasteiger partial charge in [0.15, 0.2) is 0 Å². The Labute approximate surface area is 202 Å². The van der Waals surface area contributed by atoms with E-state index in [1.54, 1.807) is 6.92 Å². The Kier molecular flexibility index (Phi) is 7.98. The van der Waals surface area contributed by atoms with Gasteiger partial charge in [-0.05, 0) is 61.1 Å². The molecule has 3 rings (SSSR count). The maximum atomic E-state index is 14.3. The molecule has 1 heterocycles. The molecule has 2 aromatic rings. The van der Waals surface area contributed by atoms with Gasteiger partial charge >= 0.3 is 6.18 Å². The van der Waals surface area contributed by atoms with Crippen molar-refractivity contribution in [2.75, 3.05) is 29.0 Å². The number of piperidine rings is 1. The Morgan fingerprint density at radius 2 is 1.80 bits per heavy atom. The topological polar surface area (TPSA) is 78.5 Å². The molecule has 1 saturated heterocycles. The van der Waals surface area contributed by atoms with E-state index >= 15 is 0 Å². The first-order chi connectivity index (χ1) is 16.2. The van der Waals surface area contributed by atoms with Gasteiger partial charge in [-0.25, -0.2) is 12.8 Å². The van der Waals surface area contributed by atoms with Gasteiger partial charge in [-0.1, -0.05) is 19.1 Å². The summed E-state index contributed by atoms with van der Waals surface area (Å²) in [6.07, 6.45) is -1.84. The molecule has 2 N–H and O–H groups in total. The number of alkyl halides is 3. The van der Waals surface area contributed by atoms with E-state index in [-0.39, 0.29) is 12.2 Å². The van der Waals surface area contributed by atoms with Crippen LogP contribution in [0.3, 0.4) is 0 Å². The molecule has 1 amide bonds. The Balaban J connectivity index is 1.75. The van der Waals surface area contributed by atoms with Crippen molar-refractivity contribution in [1.82, 2.24) is 5.32 Å². The number of hydrogen-bond acceptors (Lipinski definition) is 4. The molecule has 0 radical (unpaired) electrons. The summed E-state index contributed by atoms with van der Waals surface area (Å²) in [5, 5.41) is 2.74. The van der Waals surface area contributed by atoms with Crippen LogP contribution in [0, 0.1) is 11.7 Å². The van der Waals surface area contributed by atoms with Crippen LogP contribution in [0.15, 0.2) is 36.4 Å². The third kappa shape index (κ3) is 7.09. The molecule has 1 atom stereocenters. The number of sulfonamides is 1. The number of hydrogen-bond donors (Lipinski definition) is 2. The highest BCUT2D eigenvalue weighted by Gasteiger charge is 2.32. The van der Waals surface area contributed by atoms with Gasteiger partial charge in [-0.3, -0.25) is 9.52 Å². The highest BCUT2D eigenvalue weighted by atomic mass is 32.2. The molecule has 6 nitrogen and oxygen atoms in total. The molecule has 1 aliphatic heterocycles. The van der Waals surface area contributed by atoms with Crippen molar-refractivity contribution in [2.45, 2.75) is 45.3 Å². The van der Waals surface area contributed by atoms with Crippen LogP contribution in [0.2, 0.25) is 0 Å². The molecule has 11 heteroatoms. The van der Waals surface area contributed by atoms with Crippen molar-refractivity contribution in [2.24, 2.45) is 5.92 Å². The smallest absolute Gasteiger partial charge is 0.371 e. The van der Waals surface area contributed by atoms with Gasteiger partial charge in [-0.15, -0.1) is 0 Å². The van der Waals surface area contributed by atoms with Gasteiger partial charge in [-0.2, -0.15) is 13.2 Å². The van der Waals surface area contributed by atoms with E-state index in [2.05, 4.69) is 17.0 Å². The van der Waals surface area contributed by atoms with Crippen LogP contribution >= 0.6 is 0 Å². The van der Waals surface area contributed by atoms with Crippen LogP contribution in [0.5, 0.6) is 0 Å². The molecule has 1 aliphatic rings. The lowest BCUT2D eigenvalue weighted by Crippen LogP contribution is -2.35. The van der Waals surface area contributed by atoms with Crippen LogP contribution < -0.4 is 14.9 Å². The third-order valence-corrected chi connectivity index (χ3v) is 6.76. The molecule has 0 saturated carbocycles. The van der Waals surface area contributed by atoms with Crippen LogP contribution in [0.1, 0.15) is 49.3 Å². The predicted molar refractivity (Wildman–Crippen MR) is 127 cm³/mol. The molecule has 0 unspecified atom stereocenters. The van der Waals surface area contributed by atoms with Gasteiger partial charge < -0.3 is 10.2 Å². The molecular weight excluding hydrogens is 486 g/mol. The lowest BCUT2D eigenvalue weighted by molar-refractivity contribution is -0.137. The van der Waals surface area contributed by atoms with E-state index in [4.69, 9.17) is 0 Å². The van der Waals surface area contributed by atoms with Crippen molar-refractivity contribution < 1.29 is 30.8 Å². The SMILES string of the molecule is CC1CCN(c2cc(C(F)(F)F)ccc2CNC(=O)[C@@H](C)c2ccc(NS(C)(=O)=O)c(F)c2)CC1. The zero-order valence-corrected chi connectivity index (χ0v) is 20.6. The van der Waals surface area contributed by atoms with Gasteiger partial charge in [0, 0.05) is 25.3 Å². The van der Waals surface area contributed by atoms with Gasteiger partial charge in [0.2, 0.25) is 15.9 Å². The summed E-state index contributed by atoms with van der Waals surface area (Å²) in [5.74, 6) is -1.53. The van der Waals surface area contributed by atoms with E-state index in [9.17, 15) is 30.8 Å². The maximum Gasteiger partial charge on any atom is 0.416 e. The van der Waals surface area contributed by atoms with E-state index in [0.717, 1.165) is 37.3 Å². The minimum Gasteiger partial charge on any atom is -0.371 e. The largest absolute Gasteiger partial charge is 0.416 e. The normalized spacial score (nSPS) is 16.1. The second kappa shape index (κ2) is 10.4. The summed E-state index contributed by atoms with van der Waals surface area (Å²) >= 11 is 0. The lowest BCUT2D eigenvalue weighted by atomic mass is 9.97. The summed E-state index contributed by atoms with van der Waals surface area (Å²) in [5.41, 5.74) is 0.368. The number of carbonyl (C=O) groups is 1. The van der Waals surface area contributed by atoms with Gasteiger partial charge in [0.1, 0.15) is 5.82 Å². The Morgan fingerprint density at radius 1 is 1.14 bits per heavy atom. The minimum absolute atomic E-state index is 0.0128. The minimum atomic E-state index is -4.48. The second-order valence-corrected chi connectivity index (χ2v) is 10.8. The fourth-order valence-corrected chi connectivity index (χ4v) is 4.57. The van der Waals surface area contributed by atoms with E-state index in [1.807, 2.05) is 4.90 Å². The quantitative estimate of drug-likeness (QED) is 0.516. The predicted octanol–water partition coefficient (Wildman–Crippen LogP) is 4.87. The summed E-state index contributed by atoms with van der Waals surface area (Å²) < 4.78 is 79.0. The van der Waals surface area contributed by atoms with Crippen molar-refractivity contribution in [3.63, 3.8) is 0 Å². The van der Waals surface area contributed by atoms with Crippen molar-refractivity contribution >= 4 is 27.3 Å². The highest BCUT2D eigenvalue weighted by molar-refractivity contribution is 7.92. The van der Waals surface area contributed by atoms with Crippen LogP contribution in [0.4, 0.5) is 28.9 Å². The molecule has 0 bridgehead atoms. The van der Waals surface area contributed by atoms with Crippen LogP contribution in [0.25, 0.3) is 0 Å². The van der Waals surface area contributed by atoms with E-state index in [0.29, 0.717) is 35.8 Å². The Morgan fingerprint density at radius 3 is 2.37 bits per heavy atom. The summed E-state index contributed by atoms with van der Waals surface area (Å²) in [7, 11) is -3.66. The number of amides is 1. The van der Waals surface area contributed by atoms with Gasteiger partial charge in [0.05, 0.1) is 23.4 Å². The summed E-state index contributed by atoms with van der Waals surface area (Å²) in [6, 6.07) is 7.27. The zero-order valence-electron chi connectivity index (χ0n) is 19.7. The molecule has 0 aliphatic carbocycles.